The van der Waals surface area contributed by atoms with E-state index in [0.717, 1.165) is 60.2 Å². The topological polar surface area (TPSA) is 54.3 Å². The fourth-order valence-electron chi connectivity index (χ4n) is 4.15. The van der Waals surface area contributed by atoms with Gasteiger partial charge in [0, 0.05) is 48.0 Å². The average molecular weight is 441 g/mol. The van der Waals surface area contributed by atoms with Crippen LogP contribution in [0.15, 0.2) is 60.8 Å². The third kappa shape index (κ3) is 4.69. The summed E-state index contributed by atoms with van der Waals surface area (Å²) in [6.45, 7) is 1.53. The minimum Gasteiger partial charge on any atom is -0.371 e. The molecule has 166 valence electrons. The molecule has 2 amide bonds. The summed E-state index contributed by atoms with van der Waals surface area (Å²) in [6, 6.07) is 13.6. The number of halogens is 3. The molecule has 5 nitrogen and oxygen atoms in total. The Morgan fingerprint density at radius 3 is 2.41 bits per heavy atom. The van der Waals surface area contributed by atoms with Crippen LogP contribution < -0.4 is 10.2 Å². The van der Waals surface area contributed by atoms with Crippen LogP contribution in [0.1, 0.15) is 30.0 Å². The third-order valence-electron chi connectivity index (χ3n) is 5.79. The summed E-state index contributed by atoms with van der Waals surface area (Å²) in [5.74, 6) is -0.475. The lowest BCUT2D eigenvalue weighted by molar-refractivity contribution is -0.137. The van der Waals surface area contributed by atoms with Crippen molar-refractivity contribution in [1.82, 2.24) is 9.88 Å². The fraction of sp³-hybridized carbons (Fsp3) is 0.250. The van der Waals surface area contributed by atoms with Gasteiger partial charge in [-0.2, -0.15) is 13.2 Å². The number of rotatable bonds is 5. The second kappa shape index (κ2) is 8.90. The summed E-state index contributed by atoms with van der Waals surface area (Å²) in [7, 11) is 0. The van der Waals surface area contributed by atoms with Gasteiger partial charge in [-0.1, -0.05) is 6.07 Å². The van der Waals surface area contributed by atoms with Gasteiger partial charge in [0.05, 0.1) is 5.56 Å². The number of aromatic nitrogens is 1. The molecule has 3 aromatic rings. The second-order valence-electron chi connectivity index (χ2n) is 7.76. The van der Waals surface area contributed by atoms with Crippen molar-refractivity contribution in [3.05, 3.63) is 71.9 Å². The molecule has 1 aromatic heterocycles. The van der Waals surface area contributed by atoms with E-state index < -0.39 is 17.6 Å². The number of amides is 2. The molecule has 0 saturated carbocycles. The Balaban J connectivity index is 1.42. The third-order valence-corrected chi connectivity index (χ3v) is 5.79. The Morgan fingerprint density at radius 1 is 1.03 bits per heavy atom. The normalized spacial score (nSPS) is 15.4. The maximum atomic E-state index is 12.8. The van der Waals surface area contributed by atoms with Crippen molar-refractivity contribution in [3.63, 3.8) is 0 Å². The van der Waals surface area contributed by atoms with Crippen molar-refractivity contribution in [2.75, 3.05) is 18.0 Å². The van der Waals surface area contributed by atoms with E-state index in [1.165, 1.54) is 6.08 Å². The molecule has 0 bridgehead atoms. The first-order chi connectivity index (χ1) is 15.3. The van der Waals surface area contributed by atoms with Crippen LogP contribution in [-0.4, -0.2) is 30.0 Å². The Kier molecular flexibility index (Phi) is 6.03. The van der Waals surface area contributed by atoms with Crippen LogP contribution in [0.25, 0.3) is 17.0 Å². The monoisotopic (exact) mass is 441 g/mol. The molecular formula is C24H22F3N3O2. The first-order valence-corrected chi connectivity index (χ1v) is 10.3. The molecule has 0 aliphatic carbocycles. The van der Waals surface area contributed by atoms with E-state index in [2.05, 4.69) is 21.0 Å². The van der Waals surface area contributed by atoms with Crippen molar-refractivity contribution in [3.8, 4) is 0 Å². The Bertz CT molecular complexity index is 1140. The van der Waals surface area contributed by atoms with E-state index >= 15 is 0 Å². The second-order valence-corrected chi connectivity index (χ2v) is 7.76. The van der Waals surface area contributed by atoms with Crippen LogP contribution >= 0.6 is 0 Å². The van der Waals surface area contributed by atoms with E-state index in [-0.39, 0.29) is 0 Å². The van der Waals surface area contributed by atoms with E-state index in [9.17, 15) is 22.8 Å². The lowest BCUT2D eigenvalue weighted by Crippen LogP contribution is -2.34. The Hall–Kier alpha value is -3.55. The van der Waals surface area contributed by atoms with Crippen LogP contribution in [0.3, 0.4) is 0 Å². The summed E-state index contributed by atoms with van der Waals surface area (Å²) in [4.78, 5) is 23.8. The zero-order chi connectivity index (χ0) is 22.7. The summed E-state index contributed by atoms with van der Waals surface area (Å²) in [5, 5.41) is 3.11. The van der Waals surface area contributed by atoms with Gasteiger partial charge in [-0.15, -0.1) is 0 Å². The molecule has 0 radical (unpaired) electrons. The highest BCUT2D eigenvalue weighted by molar-refractivity contribution is 5.97. The Morgan fingerprint density at radius 2 is 1.75 bits per heavy atom. The summed E-state index contributed by atoms with van der Waals surface area (Å²) in [6.07, 6.45) is 2.81. The molecule has 2 aromatic carbocycles. The number of benzene rings is 2. The highest BCUT2D eigenvalue weighted by Gasteiger charge is 2.30. The van der Waals surface area contributed by atoms with Crippen LogP contribution in [0, 0.1) is 0 Å². The van der Waals surface area contributed by atoms with Crippen molar-refractivity contribution in [1.29, 1.82) is 0 Å². The lowest BCUT2D eigenvalue weighted by atomic mass is 10.0. The van der Waals surface area contributed by atoms with Gasteiger partial charge >= 0.3 is 6.18 Å². The first kappa shape index (κ1) is 21.7. The van der Waals surface area contributed by atoms with Crippen LogP contribution in [-0.2, 0) is 15.8 Å². The van der Waals surface area contributed by atoms with Crippen molar-refractivity contribution in [2.24, 2.45) is 0 Å². The molecule has 0 atom stereocenters. The quantitative estimate of drug-likeness (QED) is 0.458. The van der Waals surface area contributed by atoms with Crippen LogP contribution in [0.4, 0.5) is 18.9 Å². The molecule has 4 rings (SSSR count). The van der Waals surface area contributed by atoms with E-state index in [0.29, 0.717) is 12.5 Å². The average Bonchev–Trinajstić information content (AvgIpc) is 3.21. The number of fused-ring (bicyclic) bond motifs is 1. The summed E-state index contributed by atoms with van der Waals surface area (Å²) < 4.78 is 40.6. The smallest absolute Gasteiger partial charge is 0.371 e. The maximum Gasteiger partial charge on any atom is 0.416 e. The molecule has 2 heterocycles. The van der Waals surface area contributed by atoms with E-state index in [1.54, 1.807) is 18.2 Å². The number of nitrogens with zero attached hydrogens (tertiary/aromatic N) is 2. The summed E-state index contributed by atoms with van der Waals surface area (Å²) in [5.41, 5.74) is 2.12. The Labute approximate surface area is 183 Å². The number of carbonyl (C=O) groups is 2. The van der Waals surface area contributed by atoms with E-state index in [4.69, 9.17) is 0 Å². The highest BCUT2D eigenvalue weighted by atomic mass is 19.4. The minimum atomic E-state index is -4.32. The molecule has 1 aliphatic rings. The first-order valence-electron chi connectivity index (χ1n) is 10.3. The molecule has 0 spiro atoms. The van der Waals surface area contributed by atoms with Gasteiger partial charge in [-0.25, -0.2) is 0 Å². The zero-order valence-electron chi connectivity index (χ0n) is 17.2. The van der Waals surface area contributed by atoms with Gasteiger partial charge < -0.3 is 9.47 Å². The largest absolute Gasteiger partial charge is 0.416 e. The molecule has 8 heteroatoms. The number of hydrogen-bond donors (Lipinski definition) is 1. The number of anilines is 1. The van der Waals surface area contributed by atoms with Crippen molar-refractivity contribution < 1.29 is 22.8 Å². The number of piperidine rings is 1. The fourth-order valence-corrected chi connectivity index (χ4v) is 4.15. The molecule has 1 aliphatic heterocycles. The zero-order valence-corrected chi connectivity index (χ0v) is 17.2. The minimum absolute atomic E-state index is 0.304. The molecular weight excluding hydrogens is 419 g/mol. The number of hydrogen-bond acceptors (Lipinski definition) is 3. The summed E-state index contributed by atoms with van der Waals surface area (Å²) >= 11 is 0. The van der Waals surface area contributed by atoms with Gasteiger partial charge in [0.1, 0.15) is 0 Å². The number of imide groups is 1. The van der Waals surface area contributed by atoms with E-state index in [1.807, 2.05) is 24.3 Å². The SMILES string of the molecule is O=CNC(=O)C=Cc1ccc2c(ccn2C2CCN(c3ccc(C(F)(F)F)cc3)CC2)c1. The van der Waals surface area contributed by atoms with Gasteiger partial charge in [0.15, 0.2) is 0 Å². The molecule has 1 N–H and O–H groups in total. The van der Waals surface area contributed by atoms with Gasteiger partial charge in [-0.05, 0) is 66.9 Å². The maximum absolute atomic E-state index is 12.8. The van der Waals surface area contributed by atoms with Gasteiger partial charge in [-0.3, -0.25) is 14.9 Å². The number of nitrogens with one attached hydrogen (secondary N) is 1. The van der Waals surface area contributed by atoms with Crippen LogP contribution in [0.2, 0.25) is 0 Å². The number of alkyl halides is 3. The van der Waals surface area contributed by atoms with Gasteiger partial charge in [0.2, 0.25) is 12.3 Å². The molecule has 1 saturated heterocycles. The predicted octanol–water partition coefficient (Wildman–Crippen LogP) is 4.79. The predicted molar refractivity (Wildman–Crippen MR) is 117 cm³/mol. The van der Waals surface area contributed by atoms with Gasteiger partial charge in [0.25, 0.3) is 0 Å². The van der Waals surface area contributed by atoms with Crippen molar-refractivity contribution >= 4 is 35.0 Å². The lowest BCUT2D eigenvalue weighted by Gasteiger charge is -2.34. The highest BCUT2D eigenvalue weighted by Crippen LogP contribution is 2.33. The molecule has 1 fully saturated rings. The number of carbonyl (C=O) groups excluding carboxylic acids is 2. The van der Waals surface area contributed by atoms with Crippen LogP contribution in [0.5, 0.6) is 0 Å². The van der Waals surface area contributed by atoms with Crippen molar-refractivity contribution in [2.45, 2.75) is 25.1 Å². The molecule has 0 unspecified atom stereocenters. The molecule has 32 heavy (non-hydrogen) atoms. The standard InChI is InChI=1S/C24H22F3N3O2/c25-24(26,27)19-3-5-20(6-4-19)29-12-10-21(11-13-29)30-14-9-18-15-17(1-7-22(18)30)2-8-23(32)28-16-31/h1-9,14-16,21H,10-13H2,(H,28,31,32).